The van der Waals surface area contributed by atoms with Gasteiger partial charge in [-0.1, -0.05) is 19.9 Å². The summed E-state index contributed by atoms with van der Waals surface area (Å²) in [6.45, 7) is 14.6. The molecule has 3 aromatic rings. The minimum Gasteiger partial charge on any atom is -0.443 e. The fourth-order valence-electron chi connectivity index (χ4n) is 7.89. The number of anilines is 2. The van der Waals surface area contributed by atoms with Crippen LogP contribution >= 0.6 is 11.3 Å². The van der Waals surface area contributed by atoms with E-state index in [-0.39, 0.29) is 23.5 Å². The van der Waals surface area contributed by atoms with Crippen LogP contribution in [0.5, 0.6) is 0 Å². The van der Waals surface area contributed by atoms with E-state index in [9.17, 15) is 19.2 Å². The van der Waals surface area contributed by atoms with Crippen LogP contribution < -0.4 is 10.2 Å². The zero-order valence-corrected chi connectivity index (χ0v) is 33.3. The molecule has 2 bridgehead atoms. The molecule has 3 fully saturated rings. The van der Waals surface area contributed by atoms with Crippen molar-refractivity contribution >= 4 is 57.1 Å². The molecule has 53 heavy (non-hydrogen) atoms. The lowest BCUT2D eigenvalue weighted by Crippen LogP contribution is -2.46. The minimum absolute atomic E-state index is 0.0222. The van der Waals surface area contributed by atoms with Crippen molar-refractivity contribution < 1.29 is 28.7 Å². The van der Waals surface area contributed by atoms with Crippen LogP contribution in [0.15, 0.2) is 30.5 Å². The second-order valence-corrected chi connectivity index (χ2v) is 18.0. The second kappa shape index (κ2) is 15.0. The zero-order valence-electron chi connectivity index (χ0n) is 32.5. The summed E-state index contributed by atoms with van der Waals surface area (Å²) >= 11 is 1.78. The van der Waals surface area contributed by atoms with E-state index in [1.165, 1.54) is 24.0 Å². The third-order valence-electron chi connectivity index (χ3n) is 10.5. The first-order valence-electron chi connectivity index (χ1n) is 18.9. The van der Waals surface area contributed by atoms with Gasteiger partial charge in [-0.15, -0.1) is 11.3 Å². The first kappa shape index (κ1) is 38.6. The highest BCUT2D eigenvalue weighted by Crippen LogP contribution is 2.44. The van der Waals surface area contributed by atoms with Crippen LogP contribution in [0.25, 0.3) is 10.2 Å². The number of nitrogens with zero attached hydrogens (tertiary/aromatic N) is 5. The third kappa shape index (κ3) is 8.67. The number of likely N-dealkylation sites (tertiary alicyclic amines) is 1. The molecule has 12 nitrogen and oxygen atoms in total. The lowest BCUT2D eigenvalue weighted by Gasteiger charge is -2.38. The van der Waals surface area contributed by atoms with E-state index in [2.05, 4.69) is 47.4 Å². The highest BCUT2D eigenvalue weighted by atomic mass is 32.1. The fraction of sp³-hybridized carbons (Fsp3) is 0.600. The van der Waals surface area contributed by atoms with Gasteiger partial charge in [-0.3, -0.25) is 9.59 Å². The molecule has 5 heterocycles. The van der Waals surface area contributed by atoms with E-state index in [0.29, 0.717) is 36.5 Å². The monoisotopic (exact) mass is 746 g/mol. The topological polar surface area (TPSA) is 134 Å². The number of hydrogen-bond donors (Lipinski definition) is 1. The molecule has 2 aromatic heterocycles. The van der Waals surface area contributed by atoms with Crippen molar-refractivity contribution in [2.45, 2.75) is 136 Å². The number of aromatic nitrogens is 2. The van der Waals surface area contributed by atoms with Crippen molar-refractivity contribution in [3.8, 4) is 0 Å². The Bertz CT molecular complexity index is 1840. The number of hydrogen-bond acceptors (Lipinski definition) is 10. The quantitative estimate of drug-likeness (QED) is 0.257. The molecular weight excluding hydrogens is 693 g/mol. The van der Waals surface area contributed by atoms with Gasteiger partial charge < -0.3 is 24.6 Å². The summed E-state index contributed by atoms with van der Waals surface area (Å²) in [4.78, 5) is 68.6. The number of fused-ring (bicyclic) bond motifs is 3. The number of carbonyl (C=O) groups excluding carboxylic acids is 4. The Hall–Kier alpha value is -4.10. The van der Waals surface area contributed by atoms with Gasteiger partial charge >= 0.3 is 24.0 Å². The Kier molecular flexibility index (Phi) is 10.9. The highest BCUT2D eigenvalue weighted by Gasteiger charge is 2.40. The number of carbonyl (C=O) groups is 4. The van der Waals surface area contributed by atoms with Gasteiger partial charge in [0.25, 0.3) is 0 Å². The fourth-order valence-corrected chi connectivity index (χ4v) is 8.97. The molecule has 286 valence electrons. The number of benzene rings is 1. The molecule has 1 N–H and O–H groups in total. The van der Waals surface area contributed by atoms with E-state index < -0.39 is 35.2 Å². The molecule has 0 aliphatic carbocycles. The van der Waals surface area contributed by atoms with E-state index in [0.717, 1.165) is 46.4 Å². The molecule has 0 saturated carbocycles. The molecule has 1 aromatic carbocycles. The van der Waals surface area contributed by atoms with Gasteiger partial charge in [0.2, 0.25) is 0 Å². The molecule has 3 unspecified atom stereocenters. The van der Waals surface area contributed by atoms with Crippen LogP contribution in [-0.4, -0.2) is 80.6 Å². The number of rotatable bonds is 5. The molecule has 13 heteroatoms. The molecule has 3 aliphatic rings. The van der Waals surface area contributed by atoms with Crippen LogP contribution in [0.3, 0.4) is 0 Å². The van der Waals surface area contributed by atoms with Gasteiger partial charge in [0, 0.05) is 24.5 Å². The Morgan fingerprint density at radius 1 is 0.943 bits per heavy atom. The van der Waals surface area contributed by atoms with E-state index in [4.69, 9.17) is 14.5 Å². The van der Waals surface area contributed by atoms with Gasteiger partial charge in [-0.2, -0.15) is 4.90 Å². The van der Waals surface area contributed by atoms with Crippen molar-refractivity contribution in [3.63, 3.8) is 0 Å². The SMILES string of the molecule is CCc1cc(NC(=O)C(=O)N2C[C@@H](C)CCC2c2ccc3sc(C4CC5CCC(C4)N5C)nc3c2)cnc1N(C(=O)OC(C)(C)C)C(=O)OC(C)(C)C. The number of ether oxygens (including phenoxy) is 2. The lowest BCUT2D eigenvalue weighted by atomic mass is 9.89. The van der Waals surface area contributed by atoms with Gasteiger partial charge in [-0.05, 0) is 129 Å². The predicted molar refractivity (Wildman–Crippen MR) is 206 cm³/mol. The number of pyridine rings is 1. The van der Waals surface area contributed by atoms with E-state index in [1.807, 2.05) is 6.92 Å². The van der Waals surface area contributed by atoms with Crippen LogP contribution in [0, 0.1) is 5.92 Å². The van der Waals surface area contributed by atoms with Crippen LogP contribution in [0.4, 0.5) is 21.1 Å². The Morgan fingerprint density at radius 2 is 1.58 bits per heavy atom. The average Bonchev–Trinajstić information content (AvgIpc) is 3.57. The van der Waals surface area contributed by atoms with E-state index >= 15 is 0 Å². The second-order valence-electron chi connectivity index (χ2n) is 17.0. The summed E-state index contributed by atoms with van der Waals surface area (Å²) in [5.74, 6) is -0.679. The van der Waals surface area contributed by atoms with Gasteiger partial charge in [-0.25, -0.2) is 19.6 Å². The lowest BCUT2D eigenvalue weighted by molar-refractivity contribution is -0.146. The number of aryl methyl sites for hydroxylation is 1. The number of piperidine rings is 2. The molecule has 3 saturated heterocycles. The first-order chi connectivity index (χ1) is 24.9. The van der Waals surface area contributed by atoms with Crippen LogP contribution in [0.2, 0.25) is 0 Å². The molecule has 0 radical (unpaired) electrons. The summed E-state index contributed by atoms with van der Waals surface area (Å²) in [6.07, 6.45) is 6.32. The molecular formula is C40H54N6O6S. The third-order valence-corrected chi connectivity index (χ3v) is 11.7. The molecule has 4 atom stereocenters. The van der Waals surface area contributed by atoms with Crippen molar-refractivity contribution in [1.82, 2.24) is 19.8 Å². The van der Waals surface area contributed by atoms with Crippen molar-refractivity contribution in [2.75, 3.05) is 23.8 Å². The standard InChI is InChI=1S/C40H54N6O6S/c1-10-24-17-27(21-41-33(24)46(37(49)51-39(3,4)5)38(50)52-40(6,7)8)42-34(47)36(48)45-22-23(2)11-15-31(45)25-12-16-32-30(20-25)43-35(53-32)26-18-28-13-14-29(19-26)44(28)9/h12,16-17,20-21,23,26,28-29,31H,10-11,13-15,18-19,22H2,1-9H3,(H,42,47)/t23-,26?,28?,29?,31?/m0/s1. The summed E-state index contributed by atoms with van der Waals surface area (Å²) in [6, 6.07) is 8.93. The van der Waals surface area contributed by atoms with Crippen LogP contribution in [-0.2, 0) is 25.5 Å². The summed E-state index contributed by atoms with van der Waals surface area (Å²) in [5.41, 5.74) is 0.896. The molecule has 6 rings (SSSR count). The van der Waals surface area contributed by atoms with E-state index in [1.54, 1.807) is 63.8 Å². The normalized spacial score (nSPS) is 23.5. The van der Waals surface area contributed by atoms with Crippen molar-refractivity contribution in [1.29, 1.82) is 0 Å². The number of thiazole rings is 1. The van der Waals surface area contributed by atoms with Gasteiger partial charge in [0.05, 0.1) is 33.2 Å². The van der Waals surface area contributed by atoms with Gasteiger partial charge in [0.15, 0.2) is 5.82 Å². The predicted octanol–water partition coefficient (Wildman–Crippen LogP) is 8.21. The number of imide groups is 1. The minimum atomic E-state index is -0.938. The zero-order chi connectivity index (χ0) is 38.4. The summed E-state index contributed by atoms with van der Waals surface area (Å²) < 4.78 is 12.2. The highest BCUT2D eigenvalue weighted by molar-refractivity contribution is 7.18. The Morgan fingerprint density at radius 3 is 2.19 bits per heavy atom. The smallest absolute Gasteiger partial charge is 0.425 e. The number of nitrogens with one attached hydrogen (secondary N) is 1. The van der Waals surface area contributed by atoms with Crippen LogP contribution in [0.1, 0.15) is 122 Å². The maximum absolute atomic E-state index is 13.9. The largest absolute Gasteiger partial charge is 0.443 e. The first-order valence-corrected chi connectivity index (χ1v) is 19.7. The summed E-state index contributed by atoms with van der Waals surface area (Å²) in [5, 5.41) is 3.94. The Labute approximate surface area is 316 Å². The molecule has 0 spiro atoms. The number of amides is 4. The maximum Gasteiger partial charge on any atom is 0.425 e. The summed E-state index contributed by atoms with van der Waals surface area (Å²) in [7, 11) is 2.26. The molecule has 4 amide bonds. The average molecular weight is 747 g/mol. The molecule has 3 aliphatic heterocycles. The maximum atomic E-state index is 13.9. The van der Waals surface area contributed by atoms with Crippen molar-refractivity contribution in [3.05, 3.63) is 46.6 Å². The van der Waals surface area contributed by atoms with Crippen molar-refractivity contribution in [2.24, 2.45) is 5.92 Å². The Balaban J connectivity index is 1.20. The van der Waals surface area contributed by atoms with Gasteiger partial charge in [0.1, 0.15) is 11.2 Å².